The van der Waals surface area contributed by atoms with E-state index in [4.69, 9.17) is 9.47 Å². The molecule has 1 atom stereocenters. The zero-order valence-corrected chi connectivity index (χ0v) is 23.3. The van der Waals surface area contributed by atoms with Gasteiger partial charge in [0.2, 0.25) is 0 Å². The predicted molar refractivity (Wildman–Crippen MR) is 144 cm³/mol. The largest absolute Gasteiger partial charge is 0.464 e. The highest BCUT2D eigenvalue weighted by Crippen LogP contribution is 2.43. The van der Waals surface area contributed by atoms with Gasteiger partial charge in [0.1, 0.15) is 23.9 Å². The molecule has 0 radical (unpaired) electrons. The van der Waals surface area contributed by atoms with Crippen molar-refractivity contribution >= 4 is 36.1 Å². The summed E-state index contributed by atoms with van der Waals surface area (Å²) in [7, 11) is -1.39. The molecule has 0 aliphatic heterocycles. The fourth-order valence-corrected chi connectivity index (χ4v) is 5.46. The molecule has 0 saturated heterocycles. The van der Waals surface area contributed by atoms with Gasteiger partial charge >= 0.3 is 12.7 Å². The first-order chi connectivity index (χ1) is 18.2. The van der Waals surface area contributed by atoms with Crippen LogP contribution in [0.15, 0.2) is 36.5 Å². The third-order valence-electron chi connectivity index (χ3n) is 6.56. The first-order valence-electron chi connectivity index (χ1n) is 12.3. The number of aromatic nitrogens is 3. The highest BCUT2D eigenvalue weighted by atomic mass is 28.3. The van der Waals surface area contributed by atoms with E-state index in [-0.39, 0.29) is 34.8 Å². The lowest BCUT2D eigenvalue weighted by molar-refractivity contribution is -0.0528. The molecular weight excluding hydrogens is 526 g/mol. The lowest BCUT2D eigenvalue weighted by atomic mass is 9.89. The van der Waals surface area contributed by atoms with Gasteiger partial charge in [-0.05, 0) is 55.8 Å². The SMILES string of the molecule is Cc1cc(OC(F)F)c(C(C)(O)c2nc3cc(C#N)ccc3n2COCC[Si](C)(C)C)c2ccn(C(=O)O)c12. The normalized spacial score (nSPS) is 13.6. The average Bonchev–Trinajstić information content (AvgIpc) is 3.43. The number of rotatable bonds is 9. The Morgan fingerprint density at radius 3 is 2.59 bits per heavy atom. The van der Waals surface area contributed by atoms with Gasteiger partial charge in [-0.3, -0.25) is 4.57 Å². The summed E-state index contributed by atoms with van der Waals surface area (Å²) in [5, 5.41) is 31.4. The summed E-state index contributed by atoms with van der Waals surface area (Å²) in [6, 6.07) is 10.5. The van der Waals surface area contributed by atoms with Crippen LogP contribution in [0.2, 0.25) is 25.7 Å². The molecule has 0 aliphatic rings. The fourth-order valence-electron chi connectivity index (χ4n) is 4.70. The number of fused-ring (bicyclic) bond motifs is 2. The zero-order chi connectivity index (χ0) is 28.7. The Kier molecular flexibility index (Phi) is 7.53. The van der Waals surface area contributed by atoms with E-state index in [0.717, 1.165) is 10.6 Å². The van der Waals surface area contributed by atoms with E-state index in [2.05, 4.69) is 30.7 Å². The molecule has 1 unspecified atom stereocenters. The van der Waals surface area contributed by atoms with Crippen molar-refractivity contribution in [2.75, 3.05) is 6.61 Å². The molecule has 2 aromatic carbocycles. The summed E-state index contributed by atoms with van der Waals surface area (Å²) < 4.78 is 40.4. The molecule has 0 saturated carbocycles. The van der Waals surface area contributed by atoms with E-state index in [0.29, 0.717) is 28.8 Å². The number of halogens is 2. The van der Waals surface area contributed by atoms with Crippen molar-refractivity contribution in [1.29, 1.82) is 5.26 Å². The molecule has 0 fully saturated rings. The molecule has 9 nitrogen and oxygen atoms in total. The lowest BCUT2D eigenvalue weighted by Gasteiger charge is -2.28. The smallest absolute Gasteiger partial charge is 0.416 e. The van der Waals surface area contributed by atoms with Crippen molar-refractivity contribution in [2.24, 2.45) is 0 Å². The zero-order valence-electron chi connectivity index (χ0n) is 22.3. The van der Waals surface area contributed by atoms with Crippen molar-refractivity contribution in [3.63, 3.8) is 0 Å². The first kappa shape index (κ1) is 28.2. The van der Waals surface area contributed by atoms with E-state index >= 15 is 0 Å². The van der Waals surface area contributed by atoms with Crippen molar-refractivity contribution in [3.05, 3.63) is 59.0 Å². The number of benzene rings is 2. The summed E-state index contributed by atoms with van der Waals surface area (Å²) in [5.74, 6) is -0.243. The number of nitriles is 1. The van der Waals surface area contributed by atoms with E-state index in [1.807, 2.05) is 0 Å². The van der Waals surface area contributed by atoms with Crippen LogP contribution in [0.5, 0.6) is 5.75 Å². The van der Waals surface area contributed by atoms with Gasteiger partial charge in [0, 0.05) is 31.8 Å². The maximum absolute atomic E-state index is 13.5. The van der Waals surface area contributed by atoms with Crippen LogP contribution in [0.4, 0.5) is 13.6 Å². The van der Waals surface area contributed by atoms with Crippen molar-refractivity contribution < 1.29 is 33.3 Å². The summed E-state index contributed by atoms with van der Waals surface area (Å²) >= 11 is 0. The Labute approximate surface area is 224 Å². The lowest BCUT2D eigenvalue weighted by Crippen LogP contribution is -2.30. The first-order valence-corrected chi connectivity index (χ1v) is 16.0. The number of nitrogens with zero attached hydrogens (tertiary/aromatic N) is 4. The van der Waals surface area contributed by atoms with E-state index in [1.54, 1.807) is 29.7 Å². The van der Waals surface area contributed by atoms with Crippen LogP contribution in [0.25, 0.3) is 21.9 Å². The van der Waals surface area contributed by atoms with Crippen LogP contribution in [-0.4, -0.2) is 51.7 Å². The number of aryl methyl sites for hydroxylation is 1. The molecule has 2 N–H and O–H groups in total. The number of carboxylic acid groups (broad SMARTS) is 1. The van der Waals surface area contributed by atoms with E-state index < -0.39 is 26.4 Å². The minimum atomic E-state index is -3.19. The second kappa shape index (κ2) is 10.4. The maximum atomic E-state index is 13.5. The van der Waals surface area contributed by atoms with Gasteiger partial charge < -0.3 is 24.3 Å². The summed E-state index contributed by atoms with van der Waals surface area (Å²) in [5.41, 5.74) is -0.191. The summed E-state index contributed by atoms with van der Waals surface area (Å²) in [4.78, 5) is 16.5. The Hall–Kier alpha value is -3.79. The van der Waals surface area contributed by atoms with Crippen LogP contribution < -0.4 is 4.74 Å². The third kappa shape index (κ3) is 5.52. The molecule has 0 aliphatic carbocycles. The van der Waals surface area contributed by atoms with Gasteiger partial charge in [0.05, 0.1) is 28.2 Å². The maximum Gasteiger partial charge on any atom is 0.416 e. The Morgan fingerprint density at radius 1 is 1.26 bits per heavy atom. The average molecular weight is 557 g/mol. The number of carbonyl (C=O) groups is 1. The van der Waals surface area contributed by atoms with Gasteiger partial charge in [-0.25, -0.2) is 9.78 Å². The molecule has 12 heteroatoms. The number of hydrogen-bond donors (Lipinski definition) is 2. The molecule has 206 valence electrons. The second-order valence-electron chi connectivity index (χ2n) is 10.8. The quantitative estimate of drug-likeness (QED) is 0.195. The van der Waals surface area contributed by atoms with Crippen LogP contribution in [0, 0.1) is 18.3 Å². The number of ether oxygens (including phenoxy) is 2. The van der Waals surface area contributed by atoms with Gasteiger partial charge in [-0.15, -0.1) is 0 Å². The number of alkyl halides is 2. The number of hydrogen-bond acceptors (Lipinski definition) is 6. The number of aliphatic hydroxyl groups is 1. The molecule has 39 heavy (non-hydrogen) atoms. The van der Waals surface area contributed by atoms with Gasteiger partial charge in [0.25, 0.3) is 0 Å². The Balaban J connectivity index is 1.95. The molecular formula is C27H30F2N4O5Si. The third-order valence-corrected chi connectivity index (χ3v) is 8.27. The molecule has 2 heterocycles. The molecule has 0 amide bonds. The summed E-state index contributed by atoms with van der Waals surface area (Å²) in [6.07, 6.45) is 0.0150. The second-order valence-corrected chi connectivity index (χ2v) is 16.4. The fraction of sp³-hybridized carbons (Fsp3) is 0.370. The van der Waals surface area contributed by atoms with Crippen LogP contribution in [0.1, 0.15) is 29.4 Å². The van der Waals surface area contributed by atoms with Crippen LogP contribution in [0.3, 0.4) is 0 Å². The standard InChI is InChI=1S/C27H30F2N4O5Si/c1-16-12-21(38-25(28)29)22(18-8-9-32(23(16)18)26(34)35)27(2,36)24-31-19-13-17(14-30)6-7-20(19)33(24)15-37-10-11-39(3,4)5/h6-9,12-13,25,36H,10-11,15H2,1-5H3,(H,34,35). The molecule has 0 spiro atoms. The van der Waals surface area contributed by atoms with Crippen molar-refractivity contribution in [1.82, 2.24) is 14.1 Å². The minimum absolute atomic E-state index is 0.00848. The summed E-state index contributed by atoms with van der Waals surface area (Å²) in [6.45, 7) is 6.91. The topological polar surface area (TPSA) is 123 Å². The highest BCUT2D eigenvalue weighted by molar-refractivity contribution is 6.76. The van der Waals surface area contributed by atoms with Gasteiger partial charge in [-0.1, -0.05) is 19.6 Å². The van der Waals surface area contributed by atoms with E-state index in [9.17, 15) is 29.1 Å². The van der Waals surface area contributed by atoms with Gasteiger partial charge in [0.15, 0.2) is 0 Å². The van der Waals surface area contributed by atoms with Crippen molar-refractivity contribution in [3.8, 4) is 11.8 Å². The van der Waals surface area contributed by atoms with Crippen LogP contribution >= 0.6 is 0 Å². The molecule has 2 aromatic heterocycles. The molecule has 4 aromatic rings. The van der Waals surface area contributed by atoms with Crippen molar-refractivity contribution in [2.45, 2.75) is 58.5 Å². The van der Waals surface area contributed by atoms with E-state index in [1.165, 1.54) is 25.3 Å². The monoisotopic (exact) mass is 556 g/mol. The van der Waals surface area contributed by atoms with Crippen LogP contribution in [-0.2, 0) is 17.1 Å². The van der Waals surface area contributed by atoms with Gasteiger partial charge in [-0.2, -0.15) is 14.0 Å². The Bertz CT molecular complexity index is 1600. The predicted octanol–water partition coefficient (Wildman–Crippen LogP) is 5.87. The minimum Gasteiger partial charge on any atom is -0.464 e. The molecule has 4 rings (SSSR count). The number of imidazole rings is 1. The highest BCUT2D eigenvalue weighted by Gasteiger charge is 2.38. The Morgan fingerprint density at radius 2 is 1.97 bits per heavy atom. The molecule has 0 bridgehead atoms.